The van der Waals surface area contributed by atoms with Gasteiger partial charge in [-0.15, -0.1) is 0 Å². The van der Waals surface area contributed by atoms with Crippen LogP contribution in [0.1, 0.15) is 32.1 Å². The summed E-state index contributed by atoms with van der Waals surface area (Å²) >= 11 is 0. The van der Waals surface area contributed by atoms with Crippen molar-refractivity contribution in [3.8, 4) is 5.75 Å². The number of hydrogen-bond acceptors (Lipinski definition) is 5. The molecule has 3 rings (SSSR count). The first-order chi connectivity index (χ1) is 10.8. The lowest BCUT2D eigenvalue weighted by Gasteiger charge is -2.24. The van der Waals surface area contributed by atoms with Gasteiger partial charge in [0.05, 0.1) is 19.5 Å². The van der Waals surface area contributed by atoms with Crippen molar-refractivity contribution in [1.82, 2.24) is 14.9 Å². The molecule has 0 bridgehead atoms. The molecule has 2 heterocycles. The van der Waals surface area contributed by atoms with Gasteiger partial charge in [0.2, 0.25) is 11.9 Å². The lowest BCUT2D eigenvalue weighted by atomic mass is 10.1. The standard InChI is InChI=1S/C16H24N4O2/c1-22-14-11-17-16(18-12-14)20-8-4-7-19(9-10-20)15(21)13-5-2-3-6-13/h11-13H,2-10H2,1H3. The largest absolute Gasteiger partial charge is 0.494 e. The Bertz CT molecular complexity index is 499. The second kappa shape index (κ2) is 6.94. The maximum atomic E-state index is 12.5. The summed E-state index contributed by atoms with van der Waals surface area (Å²) in [5, 5.41) is 0. The number of methoxy groups -OCH3 is 1. The summed E-state index contributed by atoms with van der Waals surface area (Å²) < 4.78 is 5.09. The van der Waals surface area contributed by atoms with Crippen LogP contribution < -0.4 is 9.64 Å². The quantitative estimate of drug-likeness (QED) is 0.851. The van der Waals surface area contributed by atoms with Crippen LogP contribution in [-0.4, -0.2) is 54.1 Å². The number of nitrogens with zero attached hydrogens (tertiary/aromatic N) is 4. The zero-order chi connectivity index (χ0) is 15.4. The van der Waals surface area contributed by atoms with Gasteiger partial charge < -0.3 is 14.5 Å². The molecule has 0 radical (unpaired) electrons. The number of carbonyl (C=O) groups is 1. The van der Waals surface area contributed by atoms with Gasteiger partial charge in [-0.1, -0.05) is 12.8 Å². The molecule has 1 aliphatic heterocycles. The third kappa shape index (κ3) is 3.31. The minimum atomic E-state index is 0.267. The predicted molar refractivity (Wildman–Crippen MR) is 84.0 cm³/mol. The summed E-state index contributed by atoms with van der Waals surface area (Å²) in [6.07, 6.45) is 8.89. The molecular weight excluding hydrogens is 280 g/mol. The van der Waals surface area contributed by atoms with E-state index in [-0.39, 0.29) is 5.92 Å². The van der Waals surface area contributed by atoms with Crippen LogP contribution in [0, 0.1) is 5.92 Å². The van der Waals surface area contributed by atoms with Crippen molar-refractivity contribution < 1.29 is 9.53 Å². The van der Waals surface area contributed by atoms with E-state index < -0.39 is 0 Å². The summed E-state index contributed by atoms with van der Waals surface area (Å²) in [6.45, 7) is 3.30. The molecule has 6 nitrogen and oxygen atoms in total. The van der Waals surface area contributed by atoms with Crippen molar-refractivity contribution >= 4 is 11.9 Å². The maximum absolute atomic E-state index is 12.5. The molecule has 120 valence electrons. The number of carbonyl (C=O) groups excluding carboxylic acids is 1. The van der Waals surface area contributed by atoms with Crippen LogP contribution in [-0.2, 0) is 4.79 Å². The zero-order valence-corrected chi connectivity index (χ0v) is 13.2. The van der Waals surface area contributed by atoms with Crippen LogP contribution >= 0.6 is 0 Å². The van der Waals surface area contributed by atoms with E-state index in [0.717, 1.165) is 51.4 Å². The molecule has 1 aromatic heterocycles. The van der Waals surface area contributed by atoms with E-state index in [0.29, 0.717) is 11.7 Å². The molecule has 1 saturated heterocycles. The van der Waals surface area contributed by atoms with E-state index in [1.807, 2.05) is 4.90 Å². The van der Waals surface area contributed by atoms with Gasteiger partial charge in [0.1, 0.15) is 0 Å². The number of anilines is 1. The lowest BCUT2D eigenvalue weighted by molar-refractivity contribution is -0.135. The first kappa shape index (κ1) is 15.1. The van der Waals surface area contributed by atoms with Crippen LogP contribution in [0.4, 0.5) is 5.95 Å². The van der Waals surface area contributed by atoms with E-state index in [2.05, 4.69) is 14.9 Å². The number of aromatic nitrogens is 2. The summed E-state index contributed by atoms with van der Waals surface area (Å²) in [7, 11) is 1.61. The highest BCUT2D eigenvalue weighted by Gasteiger charge is 2.28. The molecule has 0 atom stereocenters. The Morgan fingerprint density at radius 3 is 2.50 bits per heavy atom. The van der Waals surface area contributed by atoms with E-state index >= 15 is 0 Å². The van der Waals surface area contributed by atoms with Crippen molar-refractivity contribution in [3.63, 3.8) is 0 Å². The second-order valence-corrected chi connectivity index (χ2v) is 6.07. The highest BCUT2D eigenvalue weighted by atomic mass is 16.5. The molecular formula is C16H24N4O2. The topological polar surface area (TPSA) is 58.6 Å². The van der Waals surface area contributed by atoms with Gasteiger partial charge in [-0.05, 0) is 19.3 Å². The van der Waals surface area contributed by atoms with Gasteiger partial charge in [0.15, 0.2) is 5.75 Å². The van der Waals surface area contributed by atoms with Crippen molar-refractivity contribution in [3.05, 3.63) is 12.4 Å². The third-order valence-corrected chi connectivity index (χ3v) is 4.65. The maximum Gasteiger partial charge on any atom is 0.225 e. The minimum Gasteiger partial charge on any atom is -0.494 e. The van der Waals surface area contributed by atoms with Gasteiger partial charge in [-0.25, -0.2) is 9.97 Å². The molecule has 2 fully saturated rings. The lowest BCUT2D eigenvalue weighted by Crippen LogP contribution is -2.38. The Kier molecular flexibility index (Phi) is 4.75. The highest BCUT2D eigenvalue weighted by molar-refractivity contribution is 5.79. The SMILES string of the molecule is COc1cnc(N2CCCN(C(=O)C3CCCC3)CC2)nc1. The van der Waals surface area contributed by atoms with Gasteiger partial charge in [0.25, 0.3) is 0 Å². The summed E-state index contributed by atoms with van der Waals surface area (Å²) in [5.41, 5.74) is 0. The van der Waals surface area contributed by atoms with Crippen LogP contribution in [0.5, 0.6) is 5.75 Å². The fourth-order valence-electron chi connectivity index (χ4n) is 3.35. The number of rotatable bonds is 3. The fraction of sp³-hybridized carbons (Fsp3) is 0.688. The highest BCUT2D eigenvalue weighted by Crippen LogP contribution is 2.27. The fourth-order valence-corrected chi connectivity index (χ4v) is 3.35. The first-order valence-electron chi connectivity index (χ1n) is 8.17. The summed E-state index contributed by atoms with van der Waals surface area (Å²) in [6, 6.07) is 0. The number of ether oxygens (including phenoxy) is 1. The van der Waals surface area contributed by atoms with Crippen LogP contribution in [0.3, 0.4) is 0 Å². The predicted octanol–water partition coefficient (Wildman–Crippen LogP) is 1.71. The van der Waals surface area contributed by atoms with E-state index in [1.165, 1.54) is 12.8 Å². The Hall–Kier alpha value is -1.85. The average molecular weight is 304 g/mol. The first-order valence-corrected chi connectivity index (χ1v) is 8.17. The Labute approximate surface area is 131 Å². The molecule has 0 aromatic carbocycles. The monoisotopic (exact) mass is 304 g/mol. The zero-order valence-electron chi connectivity index (χ0n) is 13.2. The normalized spacial score (nSPS) is 20.0. The van der Waals surface area contributed by atoms with Gasteiger partial charge in [-0.2, -0.15) is 0 Å². The van der Waals surface area contributed by atoms with Gasteiger partial charge in [-0.3, -0.25) is 4.79 Å². The molecule has 0 N–H and O–H groups in total. The second-order valence-electron chi connectivity index (χ2n) is 6.07. The number of hydrogen-bond donors (Lipinski definition) is 0. The number of amides is 1. The van der Waals surface area contributed by atoms with E-state index in [1.54, 1.807) is 19.5 Å². The molecule has 1 saturated carbocycles. The molecule has 1 amide bonds. The Balaban J connectivity index is 1.60. The van der Waals surface area contributed by atoms with Crippen LogP contribution in [0.2, 0.25) is 0 Å². The van der Waals surface area contributed by atoms with Crippen LogP contribution in [0.25, 0.3) is 0 Å². The van der Waals surface area contributed by atoms with Crippen molar-refractivity contribution in [2.75, 3.05) is 38.2 Å². The molecule has 22 heavy (non-hydrogen) atoms. The van der Waals surface area contributed by atoms with E-state index in [4.69, 9.17) is 4.74 Å². The van der Waals surface area contributed by atoms with Crippen molar-refractivity contribution in [1.29, 1.82) is 0 Å². The van der Waals surface area contributed by atoms with Crippen LogP contribution in [0.15, 0.2) is 12.4 Å². The summed E-state index contributed by atoms with van der Waals surface area (Å²) in [5.74, 6) is 2.01. The third-order valence-electron chi connectivity index (χ3n) is 4.65. The molecule has 0 spiro atoms. The molecule has 6 heteroatoms. The van der Waals surface area contributed by atoms with Crippen molar-refractivity contribution in [2.45, 2.75) is 32.1 Å². The average Bonchev–Trinajstić information content (AvgIpc) is 2.99. The smallest absolute Gasteiger partial charge is 0.225 e. The Morgan fingerprint density at radius 1 is 1.09 bits per heavy atom. The minimum absolute atomic E-state index is 0.267. The van der Waals surface area contributed by atoms with Crippen molar-refractivity contribution in [2.24, 2.45) is 5.92 Å². The summed E-state index contributed by atoms with van der Waals surface area (Å²) in [4.78, 5) is 25.4. The molecule has 2 aliphatic rings. The molecule has 1 aromatic rings. The Morgan fingerprint density at radius 2 is 1.82 bits per heavy atom. The molecule has 0 unspecified atom stereocenters. The molecule has 1 aliphatic carbocycles. The van der Waals surface area contributed by atoms with Gasteiger partial charge in [0, 0.05) is 32.1 Å². The van der Waals surface area contributed by atoms with E-state index in [9.17, 15) is 4.79 Å². The van der Waals surface area contributed by atoms with Gasteiger partial charge >= 0.3 is 0 Å².